The van der Waals surface area contributed by atoms with E-state index >= 15 is 0 Å². The zero-order valence-corrected chi connectivity index (χ0v) is 5.02. The van der Waals surface area contributed by atoms with Crippen molar-refractivity contribution in [3.05, 3.63) is 0 Å². The Morgan fingerprint density at radius 2 is 1.50 bits per heavy atom. The van der Waals surface area contributed by atoms with Gasteiger partial charge >= 0.3 is 11.9 Å². The normalized spacial score (nSPS) is 9.25. The van der Waals surface area contributed by atoms with Gasteiger partial charge in [0.05, 0.1) is 0 Å². The van der Waals surface area contributed by atoms with Crippen LogP contribution in [0.15, 0.2) is 0 Å². The Bertz CT molecular complexity index is 106. The third-order valence-corrected chi connectivity index (χ3v) is 1.10. The minimum atomic E-state index is -1.38. The first-order valence-electron chi connectivity index (χ1n) is 1.77. The molecule has 0 aliphatic heterocycles. The molecule has 0 heterocycles. The maximum absolute atomic E-state index is 9.74. The van der Waals surface area contributed by atoms with E-state index < -0.39 is 17.6 Å². The van der Waals surface area contributed by atoms with Gasteiger partial charge in [-0.1, -0.05) is 0 Å². The van der Waals surface area contributed by atoms with E-state index in [1.807, 2.05) is 0 Å². The van der Waals surface area contributed by atoms with E-state index in [0.29, 0.717) is 0 Å². The van der Waals surface area contributed by atoms with E-state index in [1.54, 1.807) is 9.24 Å². The van der Waals surface area contributed by atoms with Crippen LogP contribution in [0.4, 0.5) is 0 Å². The second kappa shape index (κ2) is 2.62. The highest BCUT2D eigenvalue weighted by atomic mass is 31.0. The first-order chi connectivity index (χ1) is 3.55. The maximum Gasteiger partial charge on any atom is 0.321 e. The number of carboxylic acids is 2. The molecule has 0 aliphatic rings. The molecule has 0 bridgehead atoms. The van der Waals surface area contributed by atoms with Gasteiger partial charge in [-0.05, 0) is 0 Å². The SMILES string of the molecule is O=C(O)C(P)C(=O)O. The Hall–Kier alpha value is -0.630. The summed E-state index contributed by atoms with van der Waals surface area (Å²) in [7, 11) is 1.69. The summed E-state index contributed by atoms with van der Waals surface area (Å²) in [5.74, 6) is -2.69. The molecule has 2 N–H and O–H groups in total. The molecule has 0 fully saturated rings. The van der Waals surface area contributed by atoms with Gasteiger partial charge < -0.3 is 10.2 Å². The second-order valence-electron chi connectivity index (χ2n) is 1.15. The molecular formula is C3H5O4P. The van der Waals surface area contributed by atoms with E-state index in [2.05, 4.69) is 0 Å². The summed E-state index contributed by atoms with van der Waals surface area (Å²) in [6.45, 7) is 0. The topological polar surface area (TPSA) is 74.6 Å². The van der Waals surface area contributed by atoms with Gasteiger partial charge in [-0.15, -0.1) is 9.24 Å². The molecule has 0 radical (unpaired) electrons. The van der Waals surface area contributed by atoms with Crippen molar-refractivity contribution < 1.29 is 19.8 Å². The number of rotatable bonds is 2. The van der Waals surface area contributed by atoms with E-state index in [4.69, 9.17) is 10.2 Å². The van der Waals surface area contributed by atoms with Crippen molar-refractivity contribution in [2.45, 2.75) is 5.66 Å². The van der Waals surface area contributed by atoms with Crippen LogP contribution in [0, 0.1) is 0 Å². The molecule has 1 unspecified atom stereocenters. The lowest BCUT2D eigenvalue weighted by Gasteiger charge is -1.94. The fourth-order valence-electron chi connectivity index (χ4n) is 0.106. The average molecular weight is 136 g/mol. The Balaban J connectivity index is 3.83. The number of hydrogen-bond donors (Lipinski definition) is 2. The van der Waals surface area contributed by atoms with Crippen LogP contribution in [0.25, 0.3) is 0 Å². The standard InChI is InChI=1S/C3H5O4P/c4-2(5)1(8)3(6)7/h1H,8H2,(H,4,5)(H,6,7). The smallest absolute Gasteiger partial charge is 0.321 e. The monoisotopic (exact) mass is 136 g/mol. The van der Waals surface area contributed by atoms with Gasteiger partial charge in [0.25, 0.3) is 0 Å². The predicted octanol–water partition coefficient (Wildman–Crippen LogP) is -0.601. The fourth-order valence-corrected chi connectivity index (χ4v) is 0.106. The summed E-state index contributed by atoms with van der Waals surface area (Å²) < 4.78 is 0. The maximum atomic E-state index is 9.74. The Morgan fingerprint density at radius 3 is 1.50 bits per heavy atom. The van der Waals surface area contributed by atoms with E-state index in [0.717, 1.165) is 0 Å². The molecule has 8 heavy (non-hydrogen) atoms. The van der Waals surface area contributed by atoms with Crippen molar-refractivity contribution in [3.63, 3.8) is 0 Å². The van der Waals surface area contributed by atoms with E-state index in [-0.39, 0.29) is 0 Å². The summed E-state index contributed by atoms with van der Waals surface area (Å²) in [5.41, 5.74) is -1.38. The van der Waals surface area contributed by atoms with Crippen LogP contribution in [0.1, 0.15) is 0 Å². The quantitative estimate of drug-likeness (QED) is 0.392. The highest BCUT2D eigenvalue weighted by molar-refractivity contribution is 7.21. The van der Waals surface area contributed by atoms with Crippen molar-refractivity contribution in [1.29, 1.82) is 0 Å². The molecule has 0 amide bonds. The highest BCUT2D eigenvalue weighted by Crippen LogP contribution is 1.97. The lowest BCUT2D eigenvalue weighted by atomic mass is 10.4. The largest absolute Gasteiger partial charge is 0.480 e. The minimum absolute atomic E-state index is 1.34. The molecule has 46 valence electrons. The van der Waals surface area contributed by atoms with Gasteiger partial charge in [0, 0.05) is 0 Å². The van der Waals surface area contributed by atoms with E-state index in [1.165, 1.54) is 0 Å². The number of carbonyl (C=O) groups is 2. The average Bonchev–Trinajstić information content (AvgIpc) is 1.64. The van der Waals surface area contributed by atoms with Gasteiger partial charge in [-0.3, -0.25) is 9.59 Å². The summed E-state index contributed by atoms with van der Waals surface area (Å²) in [4.78, 5) is 19.5. The van der Waals surface area contributed by atoms with Crippen molar-refractivity contribution in [1.82, 2.24) is 0 Å². The van der Waals surface area contributed by atoms with Crippen LogP contribution in [-0.4, -0.2) is 27.8 Å². The summed E-state index contributed by atoms with van der Waals surface area (Å²) in [6.07, 6.45) is 0. The van der Waals surface area contributed by atoms with Gasteiger partial charge in [-0.25, -0.2) is 0 Å². The molecule has 0 aliphatic carbocycles. The number of carboxylic acid groups (broad SMARTS) is 2. The van der Waals surface area contributed by atoms with E-state index in [9.17, 15) is 9.59 Å². The van der Waals surface area contributed by atoms with Crippen molar-refractivity contribution in [2.75, 3.05) is 0 Å². The lowest BCUT2D eigenvalue weighted by Crippen LogP contribution is -2.22. The molecule has 4 nitrogen and oxygen atoms in total. The van der Waals surface area contributed by atoms with Crippen molar-refractivity contribution in [3.8, 4) is 0 Å². The summed E-state index contributed by atoms with van der Waals surface area (Å²) in [5, 5.41) is 15.9. The number of aliphatic carboxylic acids is 2. The van der Waals surface area contributed by atoms with Gasteiger partial charge in [0.2, 0.25) is 0 Å². The molecular weight excluding hydrogens is 131 g/mol. The lowest BCUT2D eigenvalue weighted by molar-refractivity contribution is -0.146. The Labute approximate surface area is 47.7 Å². The van der Waals surface area contributed by atoms with Crippen molar-refractivity contribution >= 4 is 21.2 Å². The molecule has 0 aromatic rings. The van der Waals surface area contributed by atoms with Crippen LogP contribution < -0.4 is 0 Å². The van der Waals surface area contributed by atoms with Gasteiger partial charge in [0.15, 0.2) is 5.66 Å². The Kier molecular flexibility index (Phi) is 2.42. The first-order valence-corrected chi connectivity index (χ1v) is 2.43. The van der Waals surface area contributed by atoms with Crippen molar-refractivity contribution in [2.24, 2.45) is 0 Å². The molecule has 5 heteroatoms. The Morgan fingerprint density at radius 1 is 1.25 bits per heavy atom. The fraction of sp³-hybridized carbons (Fsp3) is 0.333. The minimum Gasteiger partial charge on any atom is -0.480 e. The zero-order chi connectivity index (χ0) is 6.73. The predicted molar refractivity (Wildman–Crippen MR) is 28.8 cm³/mol. The highest BCUT2D eigenvalue weighted by Gasteiger charge is 2.18. The summed E-state index contributed by atoms with van der Waals surface area (Å²) >= 11 is 0. The van der Waals surface area contributed by atoms with Crippen LogP contribution in [0.2, 0.25) is 0 Å². The molecule has 1 atom stereocenters. The molecule has 0 saturated heterocycles. The molecule has 0 rings (SSSR count). The zero-order valence-electron chi connectivity index (χ0n) is 3.87. The molecule has 0 aromatic carbocycles. The van der Waals surface area contributed by atoms with Crippen LogP contribution in [0.3, 0.4) is 0 Å². The van der Waals surface area contributed by atoms with Gasteiger partial charge in [-0.2, -0.15) is 0 Å². The van der Waals surface area contributed by atoms with Crippen LogP contribution in [-0.2, 0) is 9.59 Å². The molecule has 0 spiro atoms. The second-order valence-corrected chi connectivity index (χ2v) is 1.82. The van der Waals surface area contributed by atoms with Crippen LogP contribution >= 0.6 is 9.24 Å². The third kappa shape index (κ3) is 1.89. The van der Waals surface area contributed by atoms with Crippen LogP contribution in [0.5, 0.6) is 0 Å². The summed E-state index contributed by atoms with van der Waals surface area (Å²) in [6, 6.07) is 0. The molecule has 0 saturated carbocycles. The number of hydrogen-bond acceptors (Lipinski definition) is 2. The first kappa shape index (κ1) is 7.37. The molecule has 0 aromatic heterocycles. The van der Waals surface area contributed by atoms with Gasteiger partial charge in [0.1, 0.15) is 0 Å². The third-order valence-electron chi connectivity index (χ3n) is 0.532.